The summed E-state index contributed by atoms with van der Waals surface area (Å²) in [7, 11) is 4.19. The maximum Gasteiger partial charge on any atom is 0.586 e. The van der Waals surface area contributed by atoms with Gasteiger partial charge < -0.3 is 19.3 Å². The van der Waals surface area contributed by atoms with Gasteiger partial charge in [0.05, 0.1) is 17.5 Å². The molecule has 152 valence electrons. The van der Waals surface area contributed by atoms with E-state index in [2.05, 4.69) is 15.5 Å². The standard InChI is InChI=1S/C18H15F2N3O4S2/c1-15(8-21)7-17-14(25)22(3)16(2,28-29-17)13(24)23(17)12(15)9-4-5-10-11(6-9)27-18(19,20)26-10/h4-6,12H,7H2,1-3H3/t12-,15+,16-,17-/m0/s1. The quantitative estimate of drug-likeness (QED) is 0.622. The number of ether oxygens (including phenoxy) is 2. The second kappa shape index (κ2) is 5.29. The van der Waals surface area contributed by atoms with Crippen LogP contribution in [0.25, 0.3) is 0 Å². The molecule has 4 atom stereocenters. The van der Waals surface area contributed by atoms with Crippen LogP contribution in [0.2, 0.25) is 0 Å². The first-order valence-electron chi connectivity index (χ1n) is 8.77. The summed E-state index contributed by atoms with van der Waals surface area (Å²) in [6.45, 7) is 3.36. The number of carbonyl (C=O) groups excluding carboxylic acids is 2. The number of likely N-dealkylation sites (N-methyl/N-ethyl adjacent to an activating group) is 1. The summed E-state index contributed by atoms with van der Waals surface area (Å²) in [4.78, 5) is 27.3. The number of halogens is 2. The van der Waals surface area contributed by atoms with Gasteiger partial charge in [0.25, 0.3) is 11.8 Å². The summed E-state index contributed by atoms with van der Waals surface area (Å²) < 4.78 is 35.9. The largest absolute Gasteiger partial charge is 0.586 e. The van der Waals surface area contributed by atoms with Crippen molar-refractivity contribution in [3.05, 3.63) is 23.8 Å². The molecule has 4 fully saturated rings. The van der Waals surface area contributed by atoms with E-state index in [0.29, 0.717) is 5.56 Å². The van der Waals surface area contributed by atoms with E-state index in [1.165, 1.54) is 49.6 Å². The molecule has 5 aliphatic rings. The molecule has 5 heterocycles. The highest BCUT2D eigenvalue weighted by Crippen LogP contribution is 2.69. The van der Waals surface area contributed by atoms with Gasteiger partial charge in [0.15, 0.2) is 21.2 Å². The van der Waals surface area contributed by atoms with E-state index in [1.54, 1.807) is 20.9 Å². The Bertz CT molecular complexity index is 1030. The summed E-state index contributed by atoms with van der Waals surface area (Å²) in [5.41, 5.74) is -0.664. The minimum Gasteiger partial charge on any atom is -0.395 e. The second-order valence-electron chi connectivity index (χ2n) is 7.96. The van der Waals surface area contributed by atoms with Crippen molar-refractivity contribution >= 4 is 33.4 Å². The molecule has 0 aromatic heterocycles. The Balaban J connectivity index is 1.67. The van der Waals surface area contributed by atoms with Gasteiger partial charge >= 0.3 is 6.29 Å². The average Bonchev–Trinajstić information content (AvgIpc) is 3.12. The monoisotopic (exact) mass is 439 g/mol. The first kappa shape index (κ1) is 18.8. The van der Waals surface area contributed by atoms with Gasteiger partial charge in [0, 0.05) is 13.5 Å². The molecule has 7 nitrogen and oxygen atoms in total. The third-order valence-corrected chi connectivity index (χ3v) is 9.79. The van der Waals surface area contributed by atoms with Gasteiger partial charge in [0.2, 0.25) is 0 Å². The number of rotatable bonds is 1. The second-order valence-corrected chi connectivity index (χ2v) is 10.8. The highest BCUT2D eigenvalue weighted by atomic mass is 33.1. The number of benzene rings is 1. The molecular formula is C18H15F2N3O4S2. The fourth-order valence-electron chi connectivity index (χ4n) is 4.56. The van der Waals surface area contributed by atoms with Crippen molar-refractivity contribution in [3.63, 3.8) is 0 Å². The third-order valence-electron chi connectivity index (χ3n) is 6.09. The molecule has 0 saturated carbocycles. The van der Waals surface area contributed by atoms with Crippen molar-refractivity contribution in [1.82, 2.24) is 9.80 Å². The molecule has 2 amide bonds. The number of nitrogens with zero attached hydrogens (tertiary/aromatic N) is 3. The molecule has 5 aliphatic heterocycles. The number of carbonyl (C=O) groups is 2. The molecule has 1 aromatic rings. The van der Waals surface area contributed by atoms with Crippen LogP contribution in [0.4, 0.5) is 8.78 Å². The van der Waals surface area contributed by atoms with Crippen molar-refractivity contribution in [2.24, 2.45) is 5.41 Å². The van der Waals surface area contributed by atoms with Gasteiger partial charge in [-0.2, -0.15) is 5.26 Å². The first-order valence-corrected chi connectivity index (χ1v) is 10.9. The molecule has 1 aromatic carbocycles. The molecule has 2 bridgehead atoms. The van der Waals surface area contributed by atoms with E-state index in [0.717, 1.165) is 0 Å². The van der Waals surface area contributed by atoms with Crippen molar-refractivity contribution in [2.45, 2.75) is 42.3 Å². The van der Waals surface area contributed by atoms with E-state index in [1.807, 2.05) is 0 Å². The zero-order valence-corrected chi connectivity index (χ0v) is 17.2. The SMILES string of the molecule is CN1C(=O)[C@@]23C[C@](C)(C#N)[C@H](c4ccc5c(c4)OC(F)(F)O5)N2C(=O)[C@]1(C)SS3. The molecule has 1 spiro atoms. The summed E-state index contributed by atoms with van der Waals surface area (Å²) in [6, 6.07) is 5.70. The molecule has 29 heavy (non-hydrogen) atoms. The Morgan fingerprint density at radius 3 is 2.55 bits per heavy atom. The lowest BCUT2D eigenvalue weighted by molar-refractivity contribution is -0.286. The van der Waals surface area contributed by atoms with Gasteiger partial charge in [-0.15, -0.1) is 8.78 Å². The van der Waals surface area contributed by atoms with Crippen molar-refractivity contribution in [3.8, 4) is 17.6 Å². The summed E-state index contributed by atoms with van der Waals surface area (Å²) in [5.74, 6) is -0.806. The number of piperazine rings is 1. The predicted octanol–water partition coefficient (Wildman–Crippen LogP) is 3.09. The van der Waals surface area contributed by atoms with Gasteiger partial charge in [-0.05, 0) is 31.5 Å². The van der Waals surface area contributed by atoms with Gasteiger partial charge in [-0.3, -0.25) is 9.59 Å². The molecule has 6 rings (SSSR count). The van der Waals surface area contributed by atoms with E-state index < -0.39 is 27.5 Å². The van der Waals surface area contributed by atoms with E-state index >= 15 is 0 Å². The van der Waals surface area contributed by atoms with Gasteiger partial charge in [0.1, 0.15) is 0 Å². The molecule has 0 N–H and O–H groups in total. The maximum absolute atomic E-state index is 13.5. The lowest BCUT2D eigenvalue weighted by atomic mass is 9.79. The minimum atomic E-state index is -3.77. The fourth-order valence-corrected chi connectivity index (χ4v) is 8.14. The van der Waals surface area contributed by atoms with Crippen LogP contribution in [0.3, 0.4) is 0 Å². The number of fused-ring (bicyclic) bond motifs is 3. The van der Waals surface area contributed by atoms with Crippen LogP contribution in [-0.4, -0.2) is 44.7 Å². The molecule has 0 unspecified atom stereocenters. The average molecular weight is 439 g/mol. The highest BCUT2D eigenvalue weighted by Gasteiger charge is 2.74. The van der Waals surface area contributed by atoms with Crippen LogP contribution >= 0.6 is 21.6 Å². The van der Waals surface area contributed by atoms with Crippen molar-refractivity contribution < 1.29 is 27.8 Å². The Morgan fingerprint density at radius 1 is 1.17 bits per heavy atom. The zero-order valence-electron chi connectivity index (χ0n) is 15.6. The Labute approximate surface area is 172 Å². The molecule has 11 heteroatoms. The molecule has 0 aliphatic carbocycles. The number of nitriles is 1. The van der Waals surface area contributed by atoms with Crippen LogP contribution in [0.15, 0.2) is 18.2 Å². The number of alkyl halides is 2. The Morgan fingerprint density at radius 2 is 1.86 bits per heavy atom. The van der Waals surface area contributed by atoms with Crippen LogP contribution in [0.1, 0.15) is 31.9 Å². The lowest BCUT2D eigenvalue weighted by Gasteiger charge is -2.57. The van der Waals surface area contributed by atoms with Gasteiger partial charge in [-0.25, -0.2) is 0 Å². The number of hydrogen-bond donors (Lipinski definition) is 0. The van der Waals surface area contributed by atoms with Crippen LogP contribution in [0, 0.1) is 16.7 Å². The fraction of sp³-hybridized carbons (Fsp3) is 0.500. The highest BCUT2D eigenvalue weighted by molar-refractivity contribution is 8.78. The topological polar surface area (TPSA) is 82.9 Å². The number of amides is 2. The predicted molar refractivity (Wildman–Crippen MR) is 99.7 cm³/mol. The minimum absolute atomic E-state index is 0.121. The first-order chi connectivity index (χ1) is 13.5. The molecular weight excluding hydrogens is 424 g/mol. The number of hydrogen-bond acceptors (Lipinski definition) is 7. The van der Waals surface area contributed by atoms with Crippen LogP contribution < -0.4 is 9.47 Å². The van der Waals surface area contributed by atoms with E-state index in [-0.39, 0.29) is 29.7 Å². The van der Waals surface area contributed by atoms with E-state index in [9.17, 15) is 23.6 Å². The smallest absolute Gasteiger partial charge is 0.395 e. The third kappa shape index (κ3) is 2.13. The van der Waals surface area contributed by atoms with Gasteiger partial charge in [-0.1, -0.05) is 27.7 Å². The summed E-state index contributed by atoms with van der Waals surface area (Å²) in [6.07, 6.45) is -3.64. The summed E-state index contributed by atoms with van der Waals surface area (Å²) in [5, 5.41) is 10.0. The van der Waals surface area contributed by atoms with Crippen molar-refractivity contribution in [1.29, 1.82) is 5.26 Å². The normalized spacial score (nSPS) is 39.0. The van der Waals surface area contributed by atoms with E-state index in [4.69, 9.17) is 0 Å². The molecule has 4 saturated heterocycles. The maximum atomic E-state index is 13.5. The summed E-state index contributed by atoms with van der Waals surface area (Å²) >= 11 is 0. The Hall–Kier alpha value is -2.19. The van der Waals surface area contributed by atoms with Crippen molar-refractivity contribution in [2.75, 3.05) is 7.05 Å². The van der Waals surface area contributed by atoms with Crippen LogP contribution in [-0.2, 0) is 9.59 Å². The lowest BCUT2D eigenvalue weighted by Crippen LogP contribution is -2.73. The van der Waals surface area contributed by atoms with Crippen LogP contribution in [0.5, 0.6) is 11.5 Å². The Kier molecular flexibility index (Phi) is 3.43. The zero-order chi connectivity index (χ0) is 21.0. The molecule has 0 radical (unpaired) electrons.